The van der Waals surface area contributed by atoms with Crippen molar-refractivity contribution in [3.05, 3.63) is 62.2 Å². The molecule has 1 aromatic carbocycles. The number of rotatable bonds is 2. The molecule has 0 aliphatic heterocycles. The number of hydrogen-bond donors (Lipinski definition) is 0. The van der Waals surface area contributed by atoms with Crippen molar-refractivity contribution in [2.45, 2.75) is 27.3 Å². The lowest BCUT2D eigenvalue weighted by Gasteiger charge is -2.04. The molecule has 0 unspecified atom stereocenters. The Labute approximate surface area is 137 Å². The molecule has 3 aromatic heterocycles. The number of imidazole rings is 1. The Bertz CT molecular complexity index is 1150. The van der Waals surface area contributed by atoms with E-state index >= 15 is 0 Å². The molecular weight excluding hydrogens is 306 g/mol. The highest BCUT2D eigenvalue weighted by atomic mass is 32.1. The van der Waals surface area contributed by atoms with Gasteiger partial charge in [-0.3, -0.25) is 4.79 Å². The van der Waals surface area contributed by atoms with Gasteiger partial charge >= 0.3 is 0 Å². The number of benzene rings is 1. The predicted octanol–water partition coefficient (Wildman–Crippen LogP) is 2.90. The largest absolute Gasteiger partial charge is 0.349 e. The van der Waals surface area contributed by atoms with Crippen LogP contribution in [0.15, 0.2) is 35.1 Å². The zero-order valence-electron chi connectivity index (χ0n) is 13.3. The van der Waals surface area contributed by atoms with Gasteiger partial charge in [0.1, 0.15) is 0 Å². The molecule has 0 amide bonds. The lowest BCUT2D eigenvalue weighted by Crippen LogP contribution is -2.22. The molecule has 0 saturated heterocycles. The third-order valence-electron chi connectivity index (χ3n) is 4.36. The minimum atomic E-state index is 0.0139. The maximum atomic E-state index is 12.8. The van der Waals surface area contributed by atoms with Gasteiger partial charge in [-0.25, -0.2) is 9.38 Å². The summed E-state index contributed by atoms with van der Waals surface area (Å²) in [6.07, 6.45) is 1.99. The second kappa shape index (κ2) is 5.06. The first-order chi connectivity index (χ1) is 11.1. The Hall–Kier alpha value is -2.40. The second-order valence-electron chi connectivity index (χ2n) is 5.71. The van der Waals surface area contributed by atoms with Crippen molar-refractivity contribution in [3.63, 3.8) is 0 Å². The molecule has 0 aliphatic carbocycles. The molecule has 23 heavy (non-hydrogen) atoms. The quantitative estimate of drug-likeness (QED) is 0.569. The molecule has 0 fully saturated rings. The number of hydrogen-bond acceptors (Lipinski definition) is 3. The molecule has 0 N–H and O–H groups in total. The van der Waals surface area contributed by atoms with Crippen molar-refractivity contribution in [1.82, 2.24) is 14.0 Å². The van der Waals surface area contributed by atoms with E-state index in [1.165, 1.54) is 22.7 Å². The summed E-state index contributed by atoms with van der Waals surface area (Å²) in [6, 6.07) is 9.89. The Balaban J connectivity index is 2.00. The van der Waals surface area contributed by atoms with Crippen LogP contribution in [0.5, 0.6) is 0 Å². The van der Waals surface area contributed by atoms with Crippen molar-refractivity contribution in [1.29, 1.82) is 0 Å². The number of thiazole rings is 1. The second-order valence-corrected chi connectivity index (χ2v) is 6.71. The number of aromatic nitrogens is 3. The van der Waals surface area contributed by atoms with Gasteiger partial charge in [0.2, 0.25) is 0 Å². The summed E-state index contributed by atoms with van der Waals surface area (Å²) in [7, 11) is 0. The average molecular weight is 323 g/mol. The fourth-order valence-corrected chi connectivity index (χ4v) is 4.19. The van der Waals surface area contributed by atoms with E-state index in [1.807, 2.05) is 30.3 Å². The molecule has 5 heteroatoms. The molecule has 4 aromatic rings. The van der Waals surface area contributed by atoms with Crippen LogP contribution < -0.4 is 10.1 Å². The van der Waals surface area contributed by atoms with Gasteiger partial charge in [0, 0.05) is 17.9 Å². The zero-order chi connectivity index (χ0) is 16.1. The Kier molecular flexibility index (Phi) is 3.13. The Morgan fingerprint density at radius 1 is 1.26 bits per heavy atom. The SMILES string of the molecule is CCn1c(C)cc(/C=c2\sc3nc4ccccc4n3c2=O)c1C. The van der Waals surface area contributed by atoms with E-state index in [4.69, 9.17) is 0 Å². The molecule has 0 aliphatic rings. The van der Waals surface area contributed by atoms with Crippen LogP contribution >= 0.6 is 11.3 Å². The predicted molar refractivity (Wildman–Crippen MR) is 95.2 cm³/mol. The van der Waals surface area contributed by atoms with Crippen molar-refractivity contribution in [2.24, 2.45) is 0 Å². The summed E-state index contributed by atoms with van der Waals surface area (Å²) in [6.45, 7) is 7.27. The third-order valence-corrected chi connectivity index (χ3v) is 5.33. The molecule has 0 spiro atoms. The van der Waals surface area contributed by atoms with Gasteiger partial charge in [-0.15, -0.1) is 0 Å². The fraction of sp³-hybridized carbons (Fsp3) is 0.222. The van der Waals surface area contributed by atoms with Gasteiger partial charge in [0.15, 0.2) is 4.96 Å². The minimum absolute atomic E-state index is 0.0139. The molecule has 4 rings (SSSR count). The lowest BCUT2D eigenvalue weighted by molar-refractivity contribution is 0.718. The van der Waals surface area contributed by atoms with Gasteiger partial charge in [-0.2, -0.15) is 0 Å². The Morgan fingerprint density at radius 2 is 2.04 bits per heavy atom. The van der Waals surface area contributed by atoms with Crippen molar-refractivity contribution in [3.8, 4) is 0 Å². The first kappa shape index (κ1) is 14.2. The van der Waals surface area contributed by atoms with Gasteiger partial charge in [0.25, 0.3) is 5.56 Å². The van der Waals surface area contributed by atoms with Gasteiger partial charge in [0.05, 0.1) is 15.6 Å². The summed E-state index contributed by atoms with van der Waals surface area (Å²) in [5.41, 5.74) is 5.28. The van der Waals surface area contributed by atoms with Gasteiger partial charge < -0.3 is 4.57 Å². The van der Waals surface area contributed by atoms with Gasteiger partial charge in [-0.1, -0.05) is 23.5 Å². The Morgan fingerprint density at radius 3 is 2.78 bits per heavy atom. The van der Waals surface area contributed by atoms with Crippen molar-refractivity contribution in [2.75, 3.05) is 0 Å². The molecule has 0 bridgehead atoms. The standard InChI is InChI=1S/C18H17N3OS/c1-4-20-11(2)9-13(12(20)3)10-16-17(22)21-15-8-6-5-7-14(15)19-18(21)23-16/h5-10H,4H2,1-3H3/b16-10-. The van der Waals surface area contributed by atoms with Crippen LogP contribution in [0.2, 0.25) is 0 Å². The van der Waals surface area contributed by atoms with Crippen LogP contribution in [0.25, 0.3) is 22.1 Å². The highest BCUT2D eigenvalue weighted by molar-refractivity contribution is 7.15. The highest BCUT2D eigenvalue weighted by Gasteiger charge is 2.11. The van der Waals surface area contributed by atoms with E-state index < -0.39 is 0 Å². The van der Waals surface area contributed by atoms with E-state index in [1.54, 1.807) is 4.40 Å². The van der Waals surface area contributed by atoms with Crippen molar-refractivity contribution < 1.29 is 0 Å². The van der Waals surface area contributed by atoms with Crippen LogP contribution in [0.3, 0.4) is 0 Å². The highest BCUT2D eigenvalue weighted by Crippen LogP contribution is 2.17. The van der Waals surface area contributed by atoms with E-state index in [9.17, 15) is 4.79 Å². The number of aryl methyl sites for hydroxylation is 1. The van der Waals surface area contributed by atoms with Crippen LogP contribution in [-0.4, -0.2) is 14.0 Å². The summed E-state index contributed by atoms with van der Waals surface area (Å²) in [5, 5.41) is 0. The fourth-order valence-electron chi connectivity index (χ4n) is 3.21. The topological polar surface area (TPSA) is 39.3 Å². The first-order valence-electron chi connectivity index (χ1n) is 7.68. The molecule has 0 atom stereocenters. The molecule has 4 nitrogen and oxygen atoms in total. The number of para-hydroxylation sites is 2. The van der Waals surface area contributed by atoms with Crippen molar-refractivity contribution >= 4 is 33.4 Å². The monoisotopic (exact) mass is 323 g/mol. The van der Waals surface area contributed by atoms with E-state index in [0.29, 0.717) is 0 Å². The van der Waals surface area contributed by atoms with Crippen LogP contribution in [0.4, 0.5) is 0 Å². The smallest absolute Gasteiger partial charge is 0.274 e. The van der Waals surface area contributed by atoms with E-state index in [-0.39, 0.29) is 5.56 Å². The maximum Gasteiger partial charge on any atom is 0.274 e. The van der Waals surface area contributed by atoms with E-state index in [0.717, 1.165) is 32.6 Å². The molecule has 0 saturated carbocycles. The number of nitrogens with zero attached hydrogens (tertiary/aromatic N) is 3. The molecule has 0 radical (unpaired) electrons. The van der Waals surface area contributed by atoms with Gasteiger partial charge in [-0.05, 0) is 50.6 Å². The van der Waals surface area contributed by atoms with Crippen LogP contribution in [0.1, 0.15) is 23.9 Å². The summed E-state index contributed by atoms with van der Waals surface area (Å²) >= 11 is 1.45. The summed E-state index contributed by atoms with van der Waals surface area (Å²) in [5.74, 6) is 0. The zero-order valence-corrected chi connectivity index (χ0v) is 14.1. The lowest BCUT2D eigenvalue weighted by atomic mass is 10.2. The maximum absolute atomic E-state index is 12.8. The van der Waals surface area contributed by atoms with Crippen LogP contribution in [0, 0.1) is 13.8 Å². The number of fused-ring (bicyclic) bond motifs is 3. The summed E-state index contributed by atoms with van der Waals surface area (Å²) < 4.78 is 4.70. The van der Waals surface area contributed by atoms with E-state index in [2.05, 4.69) is 36.4 Å². The minimum Gasteiger partial charge on any atom is -0.349 e. The first-order valence-corrected chi connectivity index (χ1v) is 8.50. The third kappa shape index (κ3) is 2.04. The molecule has 3 heterocycles. The molecule has 116 valence electrons. The van der Waals surface area contributed by atoms with Crippen LogP contribution in [-0.2, 0) is 6.54 Å². The molecular formula is C18H17N3OS. The average Bonchev–Trinajstić information content (AvgIpc) is 3.12. The summed E-state index contributed by atoms with van der Waals surface area (Å²) in [4.78, 5) is 18.1. The normalized spacial score (nSPS) is 12.7.